The maximum absolute atomic E-state index is 9.14. The molecule has 0 saturated carbocycles. The fourth-order valence-corrected chi connectivity index (χ4v) is 1.51. The topological polar surface area (TPSA) is 60.2 Å². The van der Waals surface area contributed by atoms with Gasteiger partial charge in [-0.25, -0.2) is 4.68 Å². The first-order chi connectivity index (χ1) is 7.10. The van der Waals surface area contributed by atoms with Crippen LogP contribution in [0.2, 0.25) is 0 Å². The van der Waals surface area contributed by atoms with Gasteiger partial charge in [-0.15, -0.1) is 5.10 Å². The summed E-state index contributed by atoms with van der Waals surface area (Å²) in [5.74, 6) is 0.487. The van der Waals surface area contributed by atoms with Crippen molar-refractivity contribution in [2.75, 3.05) is 7.11 Å². The Morgan fingerprint density at radius 1 is 1.40 bits per heavy atom. The maximum atomic E-state index is 9.14. The Bertz CT molecular complexity index is 310. The van der Waals surface area contributed by atoms with Crippen LogP contribution >= 0.6 is 0 Å². The van der Waals surface area contributed by atoms with Gasteiger partial charge in [0.05, 0.1) is 18.4 Å². The first-order valence-electron chi connectivity index (χ1n) is 5.16. The molecule has 1 aromatic heterocycles. The van der Waals surface area contributed by atoms with E-state index in [1.54, 1.807) is 7.11 Å². The van der Waals surface area contributed by atoms with E-state index >= 15 is 0 Å². The first kappa shape index (κ1) is 12.1. The van der Waals surface area contributed by atoms with Gasteiger partial charge in [0.1, 0.15) is 5.69 Å². The van der Waals surface area contributed by atoms with Crippen molar-refractivity contribution in [3.8, 4) is 0 Å². The summed E-state index contributed by atoms with van der Waals surface area (Å²) in [5, 5.41) is 17.1. The van der Waals surface area contributed by atoms with Crippen LogP contribution in [0.5, 0.6) is 0 Å². The van der Waals surface area contributed by atoms with Gasteiger partial charge in [0, 0.05) is 13.7 Å². The molecular weight excluding hydrogens is 194 g/mol. The summed E-state index contributed by atoms with van der Waals surface area (Å²) in [6, 6.07) is 0. The van der Waals surface area contributed by atoms with E-state index in [0.29, 0.717) is 11.6 Å². The second-order valence-corrected chi connectivity index (χ2v) is 4.03. The molecule has 1 rings (SSSR count). The van der Waals surface area contributed by atoms with E-state index in [-0.39, 0.29) is 12.7 Å². The van der Waals surface area contributed by atoms with Crippen molar-refractivity contribution in [2.45, 2.75) is 40.0 Å². The largest absolute Gasteiger partial charge is 0.390 e. The van der Waals surface area contributed by atoms with Gasteiger partial charge < -0.3 is 9.84 Å². The van der Waals surface area contributed by atoms with Crippen LogP contribution in [0.3, 0.4) is 0 Å². The summed E-state index contributed by atoms with van der Waals surface area (Å²) in [7, 11) is 1.64. The van der Waals surface area contributed by atoms with Crippen LogP contribution in [-0.2, 0) is 17.9 Å². The van der Waals surface area contributed by atoms with Gasteiger partial charge in [-0.05, 0) is 12.8 Å². The van der Waals surface area contributed by atoms with E-state index in [4.69, 9.17) is 9.84 Å². The number of hydrogen-bond acceptors (Lipinski definition) is 4. The minimum absolute atomic E-state index is 0.0961. The molecule has 15 heavy (non-hydrogen) atoms. The van der Waals surface area contributed by atoms with E-state index in [0.717, 1.165) is 12.2 Å². The van der Waals surface area contributed by atoms with Crippen LogP contribution in [0.15, 0.2) is 0 Å². The van der Waals surface area contributed by atoms with Gasteiger partial charge in [0.15, 0.2) is 0 Å². The van der Waals surface area contributed by atoms with Crippen LogP contribution < -0.4 is 0 Å². The molecule has 0 spiro atoms. The Morgan fingerprint density at radius 2 is 2.07 bits per heavy atom. The third-order valence-electron chi connectivity index (χ3n) is 2.27. The standard InChI is InChI=1S/C10H19N3O2/c1-7(2)5-13-10(8(3)15-4)9(6-14)11-12-13/h7-8,14H,5-6H2,1-4H3. The average Bonchev–Trinajstić information content (AvgIpc) is 2.58. The molecule has 1 N–H and O–H groups in total. The van der Waals surface area contributed by atoms with E-state index < -0.39 is 0 Å². The molecule has 5 heteroatoms. The number of methoxy groups -OCH3 is 1. The molecule has 0 saturated heterocycles. The summed E-state index contributed by atoms with van der Waals surface area (Å²) in [6.45, 7) is 6.84. The quantitative estimate of drug-likeness (QED) is 0.796. The van der Waals surface area contributed by atoms with Crippen LogP contribution in [0.1, 0.15) is 38.3 Å². The average molecular weight is 213 g/mol. The zero-order valence-corrected chi connectivity index (χ0v) is 9.77. The summed E-state index contributed by atoms with van der Waals surface area (Å²) >= 11 is 0. The Labute approximate surface area is 90.1 Å². The molecule has 0 aliphatic heterocycles. The molecule has 86 valence electrons. The second kappa shape index (κ2) is 5.23. The lowest BCUT2D eigenvalue weighted by Gasteiger charge is -2.14. The van der Waals surface area contributed by atoms with Gasteiger partial charge in [-0.3, -0.25) is 0 Å². The number of rotatable bonds is 5. The van der Waals surface area contributed by atoms with Crippen LogP contribution in [0, 0.1) is 5.92 Å². The molecule has 0 amide bonds. The number of ether oxygens (including phenoxy) is 1. The van der Waals surface area contributed by atoms with Gasteiger partial charge >= 0.3 is 0 Å². The van der Waals surface area contributed by atoms with E-state index in [2.05, 4.69) is 24.2 Å². The first-order valence-corrected chi connectivity index (χ1v) is 5.16. The molecule has 1 aromatic rings. The predicted octanol–water partition coefficient (Wildman–Crippen LogP) is 1.13. The summed E-state index contributed by atoms with van der Waals surface area (Å²) in [4.78, 5) is 0. The van der Waals surface area contributed by atoms with Crippen LogP contribution in [0.25, 0.3) is 0 Å². The molecule has 0 aromatic carbocycles. The van der Waals surface area contributed by atoms with E-state index in [9.17, 15) is 0 Å². The predicted molar refractivity (Wildman–Crippen MR) is 56.2 cm³/mol. The normalized spacial score (nSPS) is 13.5. The third kappa shape index (κ3) is 2.76. The van der Waals surface area contributed by atoms with Crippen molar-refractivity contribution in [1.82, 2.24) is 15.0 Å². The Kier molecular flexibility index (Phi) is 4.23. The molecule has 0 radical (unpaired) electrons. The molecule has 0 aliphatic rings. The lowest BCUT2D eigenvalue weighted by Crippen LogP contribution is -2.13. The monoisotopic (exact) mass is 213 g/mol. The molecular formula is C10H19N3O2. The highest BCUT2D eigenvalue weighted by Crippen LogP contribution is 2.19. The minimum Gasteiger partial charge on any atom is -0.390 e. The van der Waals surface area contributed by atoms with Crippen molar-refractivity contribution in [2.24, 2.45) is 5.92 Å². The molecule has 0 bridgehead atoms. The van der Waals surface area contributed by atoms with Gasteiger partial charge in [-0.1, -0.05) is 19.1 Å². The molecule has 0 aliphatic carbocycles. The van der Waals surface area contributed by atoms with Crippen molar-refractivity contribution >= 4 is 0 Å². The lowest BCUT2D eigenvalue weighted by molar-refractivity contribution is 0.108. The molecule has 5 nitrogen and oxygen atoms in total. The van der Waals surface area contributed by atoms with Crippen molar-refractivity contribution in [3.05, 3.63) is 11.4 Å². The highest BCUT2D eigenvalue weighted by atomic mass is 16.5. The lowest BCUT2D eigenvalue weighted by atomic mass is 10.2. The Hall–Kier alpha value is -0.940. The van der Waals surface area contributed by atoms with Crippen LogP contribution in [-0.4, -0.2) is 27.2 Å². The van der Waals surface area contributed by atoms with Gasteiger partial charge in [0.25, 0.3) is 0 Å². The molecule has 0 fully saturated rings. The maximum Gasteiger partial charge on any atom is 0.114 e. The number of aliphatic hydroxyl groups is 1. The van der Waals surface area contributed by atoms with E-state index in [1.807, 2.05) is 11.6 Å². The zero-order chi connectivity index (χ0) is 11.4. The smallest absolute Gasteiger partial charge is 0.114 e. The number of aliphatic hydroxyl groups excluding tert-OH is 1. The minimum atomic E-state index is -0.0964. The van der Waals surface area contributed by atoms with Gasteiger partial charge in [-0.2, -0.15) is 0 Å². The molecule has 1 heterocycles. The Balaban J connectivity index is 3.00. The third-order valence-corrected chi connectivity index (χ3v) is 2.27. The number of aromatic nitrogens is 3. The summed E-state index contributed by atoms with van der Waals surface area (Å²) in [6.07, 6.45) is -0.0964. The fraction of sp³-hybridized carbons (Fsp3) is 0.800. The van der Waals surface area contributed by atoms with E-state index in [1.165, 1.54) is 0 Å². The van der Waals surface area contributed by atoms with Crippen molar-refractivity contribution in [3.63, 3.8) is 0 Å². The zero-order valence-electron chi connectivity index (χ0n) is 9.77. The highest BCUT2D eigenvalue weighted by Gasteiger charge is 2.18. The van der Waals surface area contributed by atoms with Crippen molar-refractivity contribution < 1.29 is 9.84 Å². The van der Waals surface area contributed by atoms with Crippen molar-refractivity contribution in [1.29, 1.82) is 0 Å². The van der Waals surface area contributed by atoms with Crippen LogP contribution in [0.4, 0.5) is 0 Å². The fourth-order valence-electron chi connectivity index (χ4n) is 1.51. The molecule has 1 unspecified atom stereocenters. The SMILES string of the molecule is COC(C)c1c(CO)nnn1CC(C)C. The summed E-state index contributed by atoms with van der Waals surface area (Å²) in [5.41, 5.74) is 1.47. The Morgan fingerprint density at radius 3 is 2.53 bits per heavy atom. The molecule has 1 atom stereocenters. The second-order valence-electron chi connectivity index (χ2n) is 4.03. The highest BCUT2D eigenvalue weighted by molar-refractivity contribution is 5.12. The van der Waals surface area contributed by atoms with Gasteiger partial charge in [0.2, 0.25) is 0 Å². The number of hydrogen-bond donors (Lipinski definition) is 1. The number of nitrogens with zero attached hydrogens (tertiary/aromatic N) is 3. The summed E-state index contributed by atoms with van der Waals surface area (Å²) < 4.78 is 7.06.